The summed E-state index contributed by atoms with van der Waals surface area (Å²) in [6, 6.07) is 10.8. The van der Waals surface area contributed by atoms with Crippen LogP contribution in [0.3, 0.4) is 0 Å². The van der Waals surface area contributed by atoms with E-state index < -0.39 is 0 Å². The van der Waals surface area contributed by atoms with Crippen molar-refractivity contribution in [2.24, 2.45) is 0 Å². The van der Waals surface area contributed by atoms with Gasteiger partial charge in [-0.05, 0) is 47.7 Å². The maximum atomic E-state index is 5.32. The van der Waals surface area contributed by atoms with Crippen LogP contribution in [0.1, 0.15) is 35.3 Å². The van der Waals surface area contributed by atoms with Crippen molar-refractivity contribution in [3.05, 3.63) is 58.9 Å². The molecule has 1 unspecified atom stereocenters. The van der Waals surface area contributed by atoms with Crippen LogP contribution in [0.15, 0.2) is 36.5 Å². The Morgan fingerprint density at radius 3 is 2.90 bits per heavy atom. The molecule has 3 heteroatoms. The predicted octanol–water partition coefficient (Wildman–Crippen LogP) is 2.89. The lowest BCUT2D eigenvalue weighted by atomic mass is 9.92. The summed E-state index contributed by atoms with van der Waals surface area (Å²) in [5.74, 6) is 0.929. The summed E-state index contributed by atoms with van der Waals surface area (Å²) in [6.07, 6.45) is 4.05. The number of aromatic nitrogens is 1. The number of ether oxygens (including phenoxy) is 1. The van der Waals surface area contributed by atoms with Gasteiger partial charge in [0.05, 0.1) is 18.8 Å². The van der Waals surface area contributed by atoms with Crippen LogP contribution in [0.25, 0.3) is 0 Å². The highest BCUT2D eigenvalue weighted by atomic mass is 16.5. The minimum Gasteiger partial charge on any atom is -0.497 e. The Bertz CT molecular complexity index is 592. The smallest absolute Gasteiger partial charge is 0.119 e. The second-order valence-corrected chi connectivity index (χ2v) is 5.15. The second-order valence-electron chi connectivity index (χ2n) is 5.15. The first kappa shape index (κ1) is 13.1. The van der Waals surface area contributed by atoms with E-state index in [-0.39, 0.29) is 6.04 Å². The molecule has 0 spiro atoms. The van der Waals surface area contributed by atoms with E-state index in [1.54, 1.807) is 7.11 Å². The summed E-state index contributed by atoms with van der Waals surface area (Å²) in [5.41, 5.74) is 5.04. The van der Waals surface area contributed by atoms with E-state index in [1.807, 2.05) is 12.3 Å². The molecule has 0 saturated heterocycles. The number of methoxy groups -OCH3 is 1. The van der Waals surface area contributed by atoms with E-state index in [0.717, 1.165) is 30.8 Å². The fraction of sp³-hybridized carbons (Fsp3) is 0.353. The average molecular weight is 268 g/mol. The van der Waals surface area contributed by atoms with E-state index in [2.05, 4.69) is 41.5 Å². The third-order valence-electron chi connectivity index (χ3n) is 3.96. The summed E-state index contributed by atoms with van der Waals surface area (Å²) in [6.45, 7) is 3.12. The lowest BCUT2D eigenvalue weighted by Gasteiger charge is -2.27. The summed E-state index contributed by atoms with van der Waals surface area (Å²) in [4.78, 5) is 4.62. The molecule has 0 saturated carbocycles. The van der Waals surface area contributed by atoms with Crippen LogP contribution >= 0.6 is 0 Å². The molecule has 1 atom stereocenters. The molecule has 1 aliphatic heterocycles. The largest absolute Gasteiger partial charge is 0.497 e. The molecule has 104 valence electrons. The Hall–Kier alpha value is -1.87. The molecular weight excluding hydrogens is 248 g/mol. The molecule has 0 bridgehead atoms. The maximum absolute atomic E-state index is 5.32. The first-order valence-corrected chi connectivity index (χ1v) is 7.17. The van der Waals surface area contributed by atoms with Gasteiger partial charge >= 0.3 is 0 Å². The number of nitrogens with zero attached hydrogens (tertiary/aromatic N) is 1. The summed E-state index contributed by atoms with van der Waals surface area (Å²) in [7, 11) is 1.71. The Labute approximate surface area is 120 Å². The summed E-state index contributed by atoms with van der Waals surface area (Å²) < 4.78 is 5.32. The Morgan fingerprint density at radius 1 is 1.30 bits per heavy atom. The average Bonchev–Trinajstić information content (AvgIpc) is 2.54. The predicted molar refractivity (Wildman–Crippen MR) is 80.2 cm³/mol. The zero-order chi connectivity index (χ0) is 13.9. The molecule has 0 fully saturated rings. The minimum absolute atomic E-state index is 0.190. The fourth-order valence-electron chi connectivity index (χ4n) is 2.75. The van der Waals surface area contributed by atoms with Crippen molar-refractivity contribution in [3.8, 4) is 5.75 Å². The van der Waals surface area contributed by atoms with Crippen molar-refractivity contribution < 1.29 is 4.74 Å². The lowest BCUT2D eigenvalue weighted by molar-refractivity contribution is 0.413. The van der Waals surface area contributed by atoms with Gasteiger partial charge in [0.15, 0.2) is 0 Å². The minimum atomic E-state index is 0.190. The van der Waals surface area contributed by atoms with Gasteiger partial charge in [-0.25, -0.2) is 0 Å². The highest BCUT2D eigenvalue weighted by Crippen LogP contribution is 2.30. The first-order chi connectivity index (χ1) is 9.81. The number of hydrogen-bond donors (Lipinski definition) is 1. The van der Waals surface area contributed by atoms with Crippen molar-refractivity contribution in [3.63, 3.8) is 0 Å². The van der Waals surface area contributed by atoms with E-state index in [9.17, 15) is 0 Å². The molecule has 1 aromatic heterocycles. The van der Waals surface area contributed by atoms with Crippen molar-refractivity contribution >= 4 is 0 Å². The van der Waals surface area contributed by atoms with Crippen LogP contribution in [0, 0.1) is 0 Å². The van der Waals surface area contributed by atoms with E-state index >= 15 is 0 Å². The zero-order valence-corrected chi connectivity index (χ0v) is 12.0. The fourth-order valence-corrected chi connectivity index (χ4v) is 2.75. The molecule has 0 radical (unpaired) electrons. The zero-order valence-electron chi connectivity index (χ0n) is 12.0. The molecule has 0 aliphatic carbocycles. The third-order valence-corrected chi connectivity index (χ3v) is 3.96. The quantitative estimate of drug-likeness (QED) is 0.929. The van der Waals surface area contributed by atoms with Gasteiger partial charge in [-0.15, -0.1) is 0 Å². The second kappa shape index (κ2) is 5.63. The topological polar surface area (TPSA) is 34.1 Å². The van der Waals surface area contributed by atoms with Crippen LogP contribution in [0.2, 0.25) is 0 Å². The van der Waals surface area contributed by atoms with Crippen molar-refractivity contribution in [2.75, 3.05) is 13.7 Å². The molecular formula is C17H20N2O. The molecule has 1 aliphatic rings. The number of aryl methyl sites for hydroxylation is 1. The Morgan fingerprint density at radius 2 is 2.20 bits per heavy atom. The highest BCUT2D eigenvalue weighted by Gasteiger charge is 2.22. The SMILES string of the molecule is CCc1ccc(C2NCCc3cc(OC)ccc32)nc1. The van der Waals surface area contributed by atoms with Crippen LogP contribution in [0.4, 0.5) is 0 Å². The van der Waals surface area contributed by atoms with Gasteiger partial charge in [0.1, 0.15) is 5.75 Å². The van der Waals surface area contributed by atoms with Gasteiger partial charge in [-0.3, -0.25) is 4.98 Å². The van der Waals surface area contributed by atoms with E-state index in [0.29, 0.717) is 0 Å². The molecule has 20 heavy (non-hydrogen) atoms. The Kier molecular flexibility index (Phi) is 3.70. The lowest BCUT2D eigenvalue weighted by Crippen LogP contribution is -2.31. The number of benzene rings is 1. The Balaban J connectivity index is 1.96. The number of nitrogens with one attached hydrogen (secondary N) is 1. The summed E-state index contributed by atoms with van der Waals surface area (Å²) in [5, 5.41) is 3.56. The van der Waals surface area contributed by atoms with E-state index in [1.165, 1.54) is 16.7 Å². The molecule has 1 aromatic carbocycles. The molecule has 3 rings (SSSR count). The molecule has 0 amide bonds. The van der Waals surface area contributed by atoms with Gasteiger partial charge in [0.25, 0.3) is 0 Å². The van der Waals surface area contributed by atoms with Crippen molar-refractivity contribution in [2.45, 2.75) is 25.8 Å². The van der Waals surface area contributed by atoms with Crippen LogP contribution in [-0.4, -0.2) is 18.6 Å². The molecule has 1 N–H and O–H groups in total. The van der Waals surface area contributed by atoms with Crippen molar-refractivity contribution in [1.29, 1.82) is 0 Å². The number of fused-ring (bicyclic) bond motifs is 1. The van der Waals surface area contributed by atoms with Crippen LogP contribution < -0.4 is 10.1 Å². The highest BCUT2D eigenvalue weighted by molar-refractivity contribution is 5.42. The van der Waals surface area contributed by atoms with Crippen molar-refractivity contribution in [1.82, 2.24) is 10.3 Å². The molecule has 2 heterocycles. The van der Waals surface area contributed by atoms with Gasteiger partial charge in [-0.1, -0.05) is 19.1 Å². The first-order valence-electron chi connectivity index (χ1n) is 7.17. The van der Waals surface area contributed by atoms with Crippen LogP contribution in [-0.2, 0) is 12.8 Å². The number of pyridine rings is 1. The van der Waals surface area contributed by atoms with Crippen LogP contribution in [0.5, 0.6) is 5.75 Å². The van der Waals surface area contributed by atoms with E-state index in [4.69, 9.17) is 4.74 Å². The summed E-state index contributed by atoms with van der Waals surface area (Å²) >= 11 is 0. The normalized spacial score (nSPS) is 17.6. The van der Waals surface area contributed by atoms with Gasteiger partial charge in [-0.2, -0.15) is 0 Å². The maximum Gasteiger partial charge on any atom is 0.119 e. The number of hydrogen-bond acceptors (Lipinski definition) is 3. The third kappa shape index (κ3) is 2.41. The number of rotatable bonds is 3. The van der Waals surface area contributed by atoms with Gasteiger partial charge in [0, 0.05) is 12.7 Å². The van der Waals surface area contributed by atoms with Gasteiger partial charge < -0.3 is 10.1 Å². The van der Waals surface area contributed by atoms with Gasteiger partial charge in [0.2, 0.25) is 0 Å². The standard InChI is InChI=1S/C17H20N2O/c1-3-12-4-7-16(19-11-12)17-15-6-5-14(20-2)10-13(15)8-9-18-17/h4-7,10-11,17-18H,3,8-9H2,1-2H3. The monoisotopic (exact) mass is 268 g/mol. The molecule has 3 nitrogen and oxygen atoms in total. The molecule has 2 aromatic rings.